The Balaban J connectivity index is 2.41. The third kappa shape index (κ3) is 4.58. The van der Waals surface area contributed by atoms with E-state index in [-0.39, 0.29) is 6.03 Å². The van der Waals surface area contributed by atoms with Crippen molar-refractivity contribution in [3.05, 3.63) is 18.0 Å². The number of methoxy groups -OCH3 is 2. The Morgan fingerprint density at radius 1 is 1.30 bits per heavy atom. The summed E-state index contributed by atoms with van der Waals surface area (Å²) in [4.78, 5) is 17.0. The van der Waals surface area contributed by atoms with Gasteiger partial charge in [-0.1, -0.05) is 0 Å². The van der Waals surface area contributed by atoms with Gasteiger partial charge in [0, 0.05) is 46.0 Å². The first-order valence-corrected chi connectivity index (χ1v) is 6.31. The second kappa shape index (κ2) is 8.21. The SMILES string of the molecule is COc1ccnc(CNCCNC(=O)N(C)C)c1OC. The van der Waals surface area contributed by atoms with Gasteiger partial charge < -0.3 is 25.0 Å². The first-order chi connectivity index (χ1) is 9.60. The molecule has 7 nitrogen and oxygen atoms in total. The molecule has 0 unspecified atom stereocenters. The van der Waals surface area contributed by atoms with Gasteiger partial charge in [-0.2, -0.15) is 0 Å². The van der Waals surface area contributed by atoms with Gasteiger partial charge in [0.25, 0.3) is 0 Å². The lowest BCUT2D eigenvalue weighted by atomic mass is 10.3. The molecule has 0 atom stereocenters. The molecular formula is C13H22N4O3. The second-order valence-electron chi connectivity index (χ2n) is 4.30. The number of rotatable bonds is 7. The molecule has 0 aromatic carbocycles. The molecule has 1 heterocycles. The third-order valence-corrected chi connectivity index (χ3v) is 2.64. The zero-order chi connectivity index (χ0) is 15.0. The highest BCUT2D eigenvalue weighted by Crippen LogP contribution is 2.28. The predicted molar refractivity (Wildman–Crippen MR) is 76.1 cm³/mol. The summed E-state index contributed by atoms with van der Waals surface area (Å²) in [5.74, 6) is 1.28. The Kier molecular flexibility index (Phi) is 6.58. The van der Waals surface area contributed by atoms with Gasteiger partial charge in [0.2, 0.25) is 0 Å². The Hall–Kier alpha value is -2.02. The summed E-state index contributed by atoms with van der Waals surface area (Å²) in [6.07, 6.45) is 1.67. The van der Waals surface area contributed by atoms with Crippen LogP contribution in [0, 0.1) is 0 Å². The van der Waals surface area contributed by atoms with Crippen LogP contribution in [0.15, 0.2) is 12.3 Å². The average Bonchev–Trinajstić information content (AvgIpc) is 2.45. The molecule has 0 saturated carbocycles. The Bertz CT molecular complexity index is 438. The molecule has 2 amide bonds. The van der Waals surface area contributed by atoms with E-state index in [9.17, 15) is 4.79 Å². The van der Waals surface area contributed by atoms with Gasteiger partial charge in [-0.05, 0) is 0 Å². The van der Waals surface area contributed by atoms with Crippen molar-refractivity contribution in [3.63, 3.8) is 0 Å². The second-order valence-corrected chi connectivity index (χ2v) is 4.30. The molecule has 0 saturated heterocycles. The topological polar surface area (TPSA) is 75.7 Å². The highest BCUT2D eigenvalue weighted by atomic mass is 16.5. The van der Waals surface area contributed by atoms with Crippen LogP contribution in [0.5, 0.6) is 11.5 Å². The quantitative estimate of drug-likeness (QED) is 0.711. The molecule has 112 valence electrons. The number of nitrogens with zero attached hydrogens (tertiary/aromatic N) is 2. The van der Waals surface area contributed by atoms with E-state index in [0.717, 1.165) is 5.69 Å². The van der Waals surface area contributed by atoms with Crippen molar-refractivity contribution >= 4 is 6.03 Å². The van der Waals surface area contributed by atoms with Crippen LogP contribution in [0.4, 0.5) is 4.79 Å². The van der Waals surface area contributed by atoms with Gasteiger partial charge in [0.15, 0.2) is 11.5 Å². The van der Waals surface area contributed by atoms with Gasteiger partial charge in [-0.15, -0.1) is 0 Å². The maximum Gasteiger partial charge on any atom is 0.316 e. The van der Waals surface area contributed by atoms with E-state index in [0.29, 0.717) is 31.1 Å². The van der Waals surface area contributed by atoms with Crippen LogP contribution in [0.25, 0.3) is 0 Å². The zero-order valence-electron chi connectivity index (χ0n) is 12.4. The fraction of sp³-hybridized carbons (Fsp3) is 0.538. The van der Waals surface area contributed by atoms with E-state index >= 15 is 0 Å². The highest BCUT2D eigenvalue weighted by Gasteiger charge is 2.10. The van der Waals surface area contributed by atoms with Crippen LogP contribution in [0.1, 0.15) is 5.69 Å². The number of pyridine rings is 1. The molecule has 7 heteroatoms. The standard InChI is InChI=1S/C13H22N4O3/c1-17(2)13(18)16-8-7-14-9-10-12(20-4)11(19-3)5-6-15-10/h5-6,14H,7-9H2,1-4H3,(H,16,18). The summed E-state index contributed by atoms with van der Waals surface area (Å²) in [6, 6.07) is 1.64. The lowest BCUT2D eigenvalue weighted by molar-refractivity contribution is 0.217. The first kappa shape index (κ1) is 16.0. The summed E-state index contributed by atoms with van der Waals surface area (Å²) in [7, 11) is 6.58. The number of nitrogens with one attached hydrogen (secondary N) is 2. The van der Waals surface area contributed by atoms with Gasteiger partial charge in [-0.3, -0.25) is 4.98 Å². The highest BCUT2D eigenvalue weighted by molar-refractivity contribution is 5.73. The minimum absolute atomic E-state index is 0.108. The van der Waals surface area contributed by atoms with Crippen molar-refractivity contribution in [2.24, 2.45) is 0 Å². The summed E-state index contributed by atoms with van der Waals surface area (Å²) >= 11 is 0. The predicted octanol–water partition coefficient (Wildman–Crippen LogP) is 0.460. The number of carbonyl (C=O) groups is 1. The molecule has 1 rings (SSSR count). The smallest absolute Gasteiger partial charge is 0.316 e. The molecule has 2 N–H and O–H groups in total. The lowest BCUT2D eigenvalue weighted by Gasteiger charge is -2.13. The summed E-state index contributed by atoms with van der Waals surface area (Å²) in [6.45, 7) is 1.73. The molecule has 0 aliphatic rings. The van der Waals surface area contributed by atoms with Gasteiger partial charge in [0.05, 0.1) is 19.9 Å². The summed E-state index contributed by atoms with van der Waals surface area (Å²) in [5, 5.41) is 5.96. The summed E-state index contributed by atoms with van der Waals surface area (Å²) in [5.41, 5.74) is 0.769. The number of aromatic nitrogens is 1. The van der Waals surface area contributed by atoms with Crippen molar-refractivity contribution in [2.45, 2.75) is 6.54 Å². The minimum atomic E-state index is -0.108. The van der Waals surface area contributed by atoms with Gasteiger partial charge >= 0.3 is 6.03 Å². The van der Waals surface area contributed by atoms with Crippen LogP contribution >= 0.6 is 0 Å². The molecule has 0 fully saturated rings. The van der Waals surface area contributed by atoms with E-state index in [1.54, 1.807) is 40.6 Å². The lowest BCUT2D eigenvalue weighted by Crippen LogP contribution is -2.38. The number of hydrogen-bond donors (Lipinski definition) is 2. The largest absolute Gasteiger partial charge is 0.493 e. The zero-order valence-corrected chi connectivity index (χ0v) is 12.4. The molecule has 0 spiro atoms. The van der Waals surface area contributed by atoms with Crippen molar-refractivity contribution in [2.75, 3.05) is 41.4 Å². The molecule has 0 bridgehead atoms. The van der Waals surface area contributed by atoms with Crippen molar-refractivity contribution in [1.82, 2.24) is 20.5 Å². The minimum Gasteiger partial charge on any atom is -0.493 e. The fourth-order valence-electron chi connectivity index (χ4n) is 1.60. The number of urea groups is 1. The van der Waals surface area contributed by atoms with Crippen LogP contribution in [0.2, 0.25) is 0 Å². The Morgan fingerprint density at radius 3 is 2.65 bits per heavy atom. The molecule has 1 aromatic rings. The van der Waals surface area contributed by atoms with E-state index < -0.39 is 0 Å². The molecule has 20 heavy (non-hydrogen) atoms. The van der Waals surface area contributed by atoms with Crippen molar-refractivity contribution in [1.29, 1.82) is 0 Å². The van der Waals surface area contributed by atoms with Crippen molar-refractivity contribution in [3.8, 4) is 11.5 Å². The monoisotopic (exact) mass is 282 g/mol. The third-order valence-electron chi connectivity index (χ3n) is 2.64. The number of ether oxygens (including phenoxy) is 2. The van der Waals surface area contributed by atoms with Gasteiger partial charge in [-0.25, -0.2) is 4.79 Å². The number of carbonyl (C=O) groups excluding carboxylic acids is 1. The Morgan fingerprint density at radius 2 is 2.05 bits per heavy atom. The van der Waals surface area contributed by atoms with Crippen LogP contribution in [0.3, 0.4) is 0 Å². The fourth-order valence-corrected chi connectivity index (χ4v) is 1.60. The van der Waals surface area contributed by atoms with Crippen LogP contribution in [-0.4, -0.2) is 57.3 Å². The van der Waals surface area contributed by atoms with E-state index in [1.165, 1.54) is 4.90 Å². The Labute approximate surface area is 119 Å². The molecule has 0 aliphatic carbocycles. The maximum absolute atomic E-state index is 11.3. The van der Waals surface area contributed by atoms with E-state index in [1.807, 2.05) is 0 Å². The molecular weight excluding hydrogens is 260 g/mol. The normalized spacial score (nSPS) is 10.0. The molecule has 0 aliphatic heterocycles. The van der Waals surface area contributed by atoms with E-state index in [2.05, 4.69) is 15.6 Å². The first-order valence-electron chi connectivity index (χ1n) is 6.31. The summed E-state index contributed by atoms with van der Waals surface area (Å²) < 4.78 is 10.5. The number of hydrogen-bond acceptors (Lipinski definition) is 5. The van der Waals surface area contributed by atoms with Crippen LogP contribution in [-0.2, 0) is 6.54 Å². The van der Waals surface area contributed by atoms with Crippen LogP contribution < -0.4 is 20.1 Å². The average molecular weight is 282 g/mol. The van der Waals surface area contributed by atoms with E-state index in [4.69, 9.17) is 9.47 Å². The van der Waals surface area contributed by atoms with Crippen molar-refractivity contribution < 1.29 is 14.3 Å². The van der Waals surface area contributed by atoms with Gasteiger partial charge in [0.1, 0.15) is 0 Å². The number of amides is 2. The maximum atomic E-state index is 11.3. The molecule has 0 radical (unpaired) electrons. The molecule has 1 aromatic heterocycles.